The van der Waals surface area contributed by atoms with E-state index in [1.807, 2.05) is 0 Å². The average molecular weight is 431 g/mol. The zero-order valence-electron chi connectivity index (χ0n) is 18.6. The maximum atomic E-state index is 13.5. The zero-order valence-corrected chi connectivity index (χ0v) is 18.6. The third-order valence-electron chi connectivity index (χ3n) is 7.29. The second-order valence-corrected chi connectivity index (χ2v) is 9.46. The van der Waals surface area contributed by atoms with Crippen LogP contribution in [0.25, 0.3) is 0 Å². The molecule has 0 radical (unpaired) electrons. The van der Waals surface area contributed by atoms with Gasteiger partial charge in [-0.15, -0.1) is 0 Å². The fourth-order valence-electron chi connectivity index (χ4n) is 5.28. The van der Waals surface area contributed by atoms with E-state index in [1.165, 1.54) is 25.0 Å². The van der Waals surface area contributed by atoms with Crippen molar-refractivity contribution < 1.29 is 14.0 Å². The summed E-state index contributed by atoms with van der Waals surface area (Å²) in [6, 6.07) is 5.60. The van der Waals surface area contributed by atoms with Crippen LogP contribution in [-0.4, -0.2) is 71.9 Å². The van der Waals surface area contributed by atoms with Crippen molar-refractivity contribution in [2.24, 2.45) is 11.8 Å². The minimum atomic E-state index is -0.322. The number of amides is 3. The van der Waals surface area contributed by atoms with Crippen LogP contribution in [0.1, 0.15) is 45.4 Å². The van der Waals surface area contributed by atoms with Gasteiger partial charge in [-0.1, -0.05) is 19.8 Å². The second kappa shape index (κ2) is 9.98. The number of urea groups is 1. The van der Waals surface area contributed by atoms with E-state index < -0.39 is 0 Å². The van der Waals surface area contributed by atoms with Gasteiger partial charge in [-0.3, -0.25) is 9.69 Å². The summed E-state index contributed by atoms with van der Waals surface area (Å²) in [7, 11) is 0. The lowest BCUT2D eigenvalue weighted by atomic mass is 9.92. The van der Waals surface area contributed by atoms with Crippen molar-refractivity contribution in [2.45, 2.75) is 51.5 Å². The van der Waals surface area contributed by atoms with Gasteiger partial charge < -0.3 is 15.1 Å². The number of piperazine rings is 1. The predicted octanol–water partition coefficient (Wildman–Crippen LogP) is 3.79. The van der Waals surface area contributed by atoms with E-state index in [4.69, 9.17) is 0 Å². The first-order valence-corrected chi connectivity index (χ1v) is 11.9. The molecule has 3 aliphatic rings. The molecule has 2 saturated heterocycles. The summed E-state index contributed by atoms with van der Waals surface area (Å²) in [6.45, 7) is 6.65. The molecule has 31 heavy (non-hydrogen) atoms. The van der Waals surface area contributed by atoms with E-state index in [2.05, 4.69) is 22.0 Å². The van der Waals surface area contributed by atoms with E-state index in [0.717, 1.165) is 38.8 Å². The highest BCUT2D eigenvalue weighted by Crippen LogP contribution is 2.32. The molecule has 2 aliphatic heterocycles. The number of piperidine rings is 1. The molecular formula is C24H35FN4O2. The van der Waals surface area contributed by atoms with Crippen molar-refractivity contribution in [2.75, 3.05) is 44.6 Å². The molecule has 3 fully saturated rings. The quantitative estimate of drug-likeness (QED) is 0.791. The molecule has 170 valence electrons. The highest BCUT2D eigenvalue weighted by atomic mass is 19.1. The van der Waals surface area contributed by atoms with E-state index in [-0.39, 0.29) is 17.9 Å². The number of halogens is 1. The van der Waals surface area contributed by atoms with Crippen LogP contribution in [0.15, 0.2) is 24.3 Å². The largest absolute Gasteiger partial charge is 0.341 e. The van der Waals surface area contributed by atoms with Gasteiger partial charge in [0.15, 0.2) is 0 Å². The van der Waals surface area contributed by atoms with Crippen LogP contribution in [0.2, 0.25) is 0 Å². The van der Waals surface area contributed by atoms with Gasteiger partial charge >= 0.3 is 6.03 Å². The van der Waals surface area contributed by atoms with Crippen LogP contribution in [0.3, 0.4) is 0 Å². The lowest BCUT2D eigenvalue weighted by Gasteiger charge is -2.43. The summed E-state index contributed by atoms with van der Waals surface area (Å²) in [5.41, 5.74) is 0.590. The Morgan fingerprint density at radius 3 is 2.13 bits per heavy atom. The molecule has 0 spiro atoms. The van der Waals surface area contributed by atoms with Gasteiger partial charge in [0, 0.05) is 45.0 Å². The SMILES string of the molecule is CC1CCN(C(=O)[C@H](C2CCCC2)N2CCN(C(=O)Nc3ccc(F)cc3)CC2)CC1. The van der Waals surface area contributed by atoms with Crippen molar-refractivity contribution >= 4 is 17.6 Å². The van der Waals surface area contributed by atoms with Crippen LogP contribution in [0, 0.1) is 17.7 Å². The van der Waals surface area contributed by atoms with Crippen LogP contribution < -0.4 is 5.32 Å². The van der Waals surface area contributed by atoms with Gasteiger partial charge in [-0.2, -0.15) is 0 Å². The second-order valence-electron chi connectivity index (χ2n) is 9.46. The van der Waals surface area contributed by atoms with Crippen LogP contribution >= 0.6 is 0 Å². The molecule has 6 nitrogen and oxygen atoms in total. The molecule has 7 heteroatoms. The molecule has 1 aliphatic carbocycles. The van der Waals surface area contributed by atoms with Crippen molar-refractivity contribution in [3.8, 4) is 0 Å². The number of hydrogen-bond donors (Lipinski definition) is 1. The third-order valence-corrected chi connectivity index (χ3v) is 7.29. The van der Waals surface area contributed by atoms with Crippen LogP contribution in [0.5, 0.6) is 0 Å². The molecular weight excluding hydrogens is 395 g/mol. The molecule has 0 bridgehead atoms. The Balaban J connectivity index is 1.36. The van der Waals surface area contributed by atoms with Gasteiger partial charge in [0.05, 0.1) is 6.04 Å². The van der Waals surface area contributed by atoms with Crippen molar-refractivity contribution in [1.82, 2.24) is 14.7 Å². The molecule has 1 N–H and O–H groups in total. The first-order valence-electron chi connectivity index (χ1n) is 11.9. The maximum Gasteiger partial charge on any atom is 0.321 e. The third kappa shape index (κ3) is 5.37. The van der Waals surface area contributed by atoms with Crippen molar-refractivity contribution in [1.29, 1.82) is 0 Å². The monoisotopic (exact) mass is 430 g/mol. The number of hydrogen-bond acceptors (Lipinski definition) is 3. The van der Waals surface area contributed by atoms with Crippen LogP contribution in [0.4, 0.5) is 14.9 Å². The van der Waals surface area contributed by atoms with Gasteiger partial charge in [0.1, 0.15) is 5.82 Å². The minimum Gasteiger partial charge on any atom is -0.341 e. The number of nitrogens with zero attached hydrogens (tertiary/aromatic N) is 3. The summed E-state index contributed by atoms with van der Waals surface area (Å²) in [6.07, 6.45) is 6.88. The number of carbonyl (C=O) groups excluding carboxylic acids is 2. The summed E-state index contributed by atoms with van der Waals surface area (Å²) in [4.78, 5) is 32.4. The summed E-state index contributed by atoms with van der Waals surface area (Å²) >= 11 is 0. The smallest absolute Gasteiger partial charge is 0.321 e. The lowest BCUT2D eigenvalue weighted by molar-refractivity contribution is -0.141. The van der Waals surface area contributed by atoms with E-state index in [9.17, 15) is 14.0 Å². The van der Waals surface area contributed by atoms with E-state index in [0.29, 0.717) is 49.6 Å². The fraction of sp³-hybridized carbons (Fsp3) is 0.667. The molecule has 2 heterocycles. The molecule has 3 amide bonds. The summed E-state index contributed by atoms with van der Waals surface area (Å²) in [5, 5.41) is 2.84. The predicted molar refractivity (Wildman–Crippen MR) is 119 cm³/mol. The minimum absolute atomic E-state index is 0.0433. The number of nitrogens with one attached hydrogen (secondary N) is 1. The highest BCUT2D eigenvalue weighted by Gasteiger charge is 2.39. The van der Waals surface area contributed by atoms with Gasteiger partial charge in [-0.05, 0) is 61.8 Å². The zero-order chi connectivity index (χ0) is 21.8. The van der Waals surface area contributed by atoms with Gasteiger partial charge in [0.2, 0.25) is 5.91 Å². The molecule has 1 aromatic rings. The fourth-order valence-corrected chi connectivity index (χ4v) is 5.28. The molecule has 1 saturated carbocycles. The number of benzene rings is 1. The molecule has 4 rings (SSSR count). The number of anilines is 1. The first kappa shape index (κ1) is 22.1. The Bertz CT molecular complexity index is 749. The summed E-state index contributed by atoms with van der Waals surface area (Å²) in [5.74, 6) is 1.13. The normalized spacial score (nSPS) is 22.5. The standard InChI is InChI=1S/C24H35FN4O2/c1-18-10-12-28(13-11-18)23(30)22(19-4-2-3-5-19)27-14-16-29(17-15-27)24(31)26-21-8-6-20(25)7-9-21/h6-9,18-19,22H,2-5,10-17H2,1H3,(H,26,31)/t22-/m0/s1. The Kier molecular flexibility index (Phi) is 7.10. The summed E-state index contributed by atoms with van der Waals surface area (Å²) < 4.78 is 13.1. The molecule has 0 aromatic heterocycles. The molecule has 0 unspecified atom stereocenters. The first-order chi connectivity index (χ1) is 15.0. The average Bonchev–Trinajstić information content (AvgIpc) is 3.31. The number of rotatable bonds is 4. The molecule has 1 aromatic carbocycles. The number of carbonyl (C=O) groups is 2. The topological polar surface area (TPSA) is 55.9 Å². The Hall–Kier alpha value is -2.15. The van der Waals surface area contributed by atoms with Crippen molar-refractivity contribution in [3.63, 3.8) is 0 Å². The Labute approximate surface area is 184 Å². The van der Waals surface area contributed by atoms with Gasteiger partial charge in [-0.25, -0.2) is 9.18 Å². The van der Waals surface area contributed by atoms with Crippen LogP contribution in [-0.2, 0) is 4.79 Å². The van der Waals surface area contributed by atoms with E-state index in [1.54, 1.807) is 17.0 Å². The van der Waals surface area contributed by atoms with Gasteiger partial charge in [0.25, 0.3) is 0 Å². The Morgan fingerprint density at radius 1 is 0.903 bits per heavy atom. The maximum absolute atomic E-state index is 13.5. The van der Waals surface area contributed by atoms with Crippen molar-refractivity contribution in [3.05, 3.63) is 30.1 Å². The lowest BCUT2D eigenvalue weighted by Crippen LogP contribution is -2.59. The molecule has 1 atom stereocenters. The Morgan fingerprint density at radius 2 is 1.52 bits per heavy atom. The number of likely N-dealkylation sites (tertiary alicyclic amines) is 1. The van der Waals surface area contributed by atoms with E-state index >= 15 is 0 Å². The highest BCUT2D eigenvalue weighted by molar-refractivity contribution is 5.89.